The molecular formula is C28H22I2O4+2. The molecule has 2 radical (unpaired) electrons. The minimum Gasteiger partial charge on any atom is -0.242 e. The number of carbonyl (C=O) groups is 2. The molecule has 0 fully saturated rings. The van der Waals surface area contributed by atoms with E-state index >= 15 is 0 Å². The highest BCUT2D eigenvalue weighted by molar-refractivity contribution is 5.91. The molecule has 0 aliphatic rings. The summed E-state index contributed by atoms with van der Waals surface area (Å²) < 4.78 is 15.8. The highest BCUT2D eigenvalue weighted by Gasteiger charge is 2.35. The molecule has 170 valence electrons. The Hall–Kier alpha value is -2.98. The number of rotatable bonds is 8. The van der Waals surface area contributed by atoms with Gasteiger partial charge in [-0.25, -0.2) is 15.7 Å². The second-order valence-corrected chi connectivity index (χ2v) is 15.5. The lowest BCUT2D eigenvalue weighted by atomic mass is 10.4. The van der Waals surface area contributed by atoms with Crippen LogP contribution in [-0.2, 0) is 15.7 Å². The Labute approximate surface area is 214 Å². The summed E-state index contributed by atoms with van der Waals surface area (Å²) in [5.74, 6) is -1.09. The second-order valence-electron chi connectivity index (χ2n) is 6.81. The van der Waals surface area contributed by atoms with Crippen LogP contribution in [0.4, 0.5) is 0 Å². The highest BCUT2D eigenvalue weighted by atomic mass is 127. The first-order valence-corrected chi connectivity index (χ1v) is 16.5. The van der Waals surface area contributed by atoms with Crippen LogP contribution in [0.25, 0.3) is 0 Å². The van der Waals surface area contributed by atoms with Gasteiger partial charge < -0.3 is 0 Å². The number of hydrogen-bond acceptors (Lipinski definition) is 4. The second kappa shape index (κ2) is 12.5. The van der Waals surface area contributed by atoms with E-state index in [1.807, 2.05) is 121 Å². The van der Waals surface area contributed by atoms with Gasteiger partial charge in [-0.3, -0.25) is 0 Å². The van der Waals surface area contributed by atoms with E-state index in [-0.39, 0.29) is 0 Å². The van der Waals surface area contributed by atoms with E-state index in [1.54, 1.807) is 0 Å². The van der Waals surface area contributed by atoms with Crippen molar-refractivity contribution < 1.29 is 56.2 Å². The van der Waals surface area contributed by atoms with Crippen LogP contribution in [0, 0.1) is 14.3 Å². The molecule has 0 aliphatic heterocycles. The molecule has 4 aromatic carbocycles. The Morgan fingerprint density at radius 1 is 0.441 bits per heavy atom. The summed E-state index contributed by atoms with van der Waals surface area (Å²) in [6.07, 6.45) is 2.34. The Morgan fingerprint density at radius 2 is 0.676 bits per heavy atom. The molecule has 0 atom stereocenters. The van der Waals surface area contributed by atoms with E-state index in [0.29, 0.717) is 0 Å². The average molecular weight is 676 g/mol. The molecule has 0 amide bonds. The number of halogens is 2. The molecule has 0 aliphatic carbocycles. The largest absolute Gasteiger partial charge is 0.383 e. The third-order valence-electron chi connectivity index (χ3n) is 4.39. The predicted octanol–water partition coefficient (Wildman–Crippen LogP) is -0.812. The van der Waals surface area contributed by atoms with Gasteiger partial charge in [0.1, 0.15) is 0 Å². The van der Waals surface area contributed by atoms with Crippen LogP contribution in [0.1, 0.15) is 0 Å². The van der Waals surface area contributed by atoms with E-state index in [9.17, 15) is 9.59 Å². The minimum absolute atomic E-state index is 0.547. The first-order chi connectivity index (χ1) is 16.7. The van der Waals surface area contributed by atoms with Crippen LogP contribution >= 0.6 is 0 Å². The van der Waals surface area contributed by atoms with Gasteiger partial charge in [0.05, 0.1) is 0 Å². The summed E-state index contributed by atoms with van der Waals surface area (Å²) in [7, 11) is 0. The van der Waals surface area contributed by atoms with Gasteiger partial charge >= 0.3 is 52.4 Å². The summed E-state index contributed by atoms with van der Waals surface area (Å²) in [6, 6.07) is 39.0. The zero-order valence-electron chi connectivity index (χ0n) is 18.1. The Kier molecular flexibility index (Phi) is 8.86. The molecule has 4 aromatic rings. The zero-order chi connectivity index (χ0) is 23.6. The average Bonchev–Trinajstić information content (AvgIpc) is 2.91. The molecule has 0 saturated heterocycles. The van der Waals surface area contributed by atoms with Gasteiger partial charge in [0.25, 0.3) is 0 Å². The lowest BCUT2D eigenvalue weighted by molar-refractivity contribution is -1.04. The van der Waals surface area contributed by atoms with Crippen LogP contribution < -0.4 is 40.5 Å². The third-order valence-corrected chi connectivity index (χ3v) is 13.5. The lowest BCUT2D eigenvalue weighted by Crippen LogP contribution is -3.85. The monoisotopic (exact) mass is 676 g/mol. The molecule has 0 saturated carbocycles. The Bertz CT molecular complexity index is 1050. The van der Waals surface area contributed by atoms with E-state index in [2.05, 4.69) is 0 Å². The van der Waals surface area contributed by atoms with Crippen molar-refractivity contribution >= 4 is 11.9 Å². The maximum atomic E-state index is 12.7. The van der Waals surface area contributed by atoms with Crippen LogP contribution in [0.3, 0.4) is 0 Å². The minimum atomic E-state index is -2.45. The van der Waals surface area contributed by atoms with Crippen molar-refractivity contribution in [3.63, 3.8) is 0 Å². The van der Waals surface area contributed by atoms with Crippen molar-refractivity contribution in [2.45, 2.75) is 0 Å². The molecule has 4 nitrogen and oxygen atoms in total. The SMILES string of the molecule is O=C(/C=C/C(=O)O[I+](c1ccccc1)c1ccccc1)O[I+](c1ccccc1)c1ccccc1. The molecule has 0 aromatic heterocycles. The fourth-order valence-electron chi connectivity index (χ4n) is 2.89. The summed E-state index contributed by atoms with van der Waals surface area (Å²) >= 11 is -4.91. The Morgan fingerprint density at radius 3 is 0.912 bits per heavy atom. The van der Waals surface area contributed by atoms with Crippen molar-refractivity contribution in [2.24, 2.45) is 0 Å². The molecular weight excluding hydrogens is 654 g/mol. The maximum absolute atomic E-state index is 12.7. The fraction of sp³-hybridized carbons (Fsp3) is 0. The standard InChI is InChI=1S/C28H22I2O4/c31-27(33-29(23-13-5-1-6-14-23)24-15-7-2-8-16-24)21-22-28(32)34-30(25-17-9-3-10-18-25)26-19-11-4-12-20-26/h1-22H/q+2/b22-21+. The quantitative estimate of drug-likeness (QED) is 0.181. The van der Waals surface area contributed by atoms with Crippen LogP contribution in [0.2, 0.25) is 0 Å². The summed E-state index contributed by atoms with van der Waals surface area (Å²) in [5.41, 5.74) is 0. The van der Waals surface area contributed by atoms with Gasteiger partial charge in [-0.15, -0.1) is 0 Å². The smallest absolute Gasteiger partial charge is 0.242 e. The number of carbonyl (C=O) groups excluding carboxylic acids is 2. The van der Waals surface area contributed by atoms with E-state index in [0.717, 1.165) is 14.3 Å². The molecule has 34 heavy (non-hydrogen) atoms. The molecule has 0 unspecified atom stereocenters. The van der Waals surface area contributed by atoms with E-state index < -0.39 is 52.4 Å². The predicted molar refractivity (Wildman–Crippen MR) is 122 cm³/mol. The number of hydrogen-bond donors (Lipinski definition) is 0. The summed E-state index contributed by atoms with van der Waals surface area (Å²) in [6.45, 7) is 0. The highest BCUT2D eigenvalue weighted by Crippen LogP contribution is 1.90. The van der Waals surface area contributed by atoms with Gasteiger partial charge in [-0.05, 0) is 48.5 Å². The van der Waals surface area contributed by atoms with Crippen molar-refractivity contribution in [3.05, 3.63) is 148 Å². The fourth-order valence-corrected chi connectivity index (χ4v) is 10.8. The van der Waals surface area contributed by atoms with Gasteiger partial charge in [-0.2, -0.15) is 0 Å². The zero-order valence-corrected chi connectivity index (χ0v) is 22.4. The topological polar surface area (TPSA) is 52.6 Å². The summed E-state index contributed by atoms with van der Waals surface area (Å²) in [4.78, 5) is 25.3. The van der Waals surface area contributed by atoms with Crippen molar-refractivity contribution in [1.82, 2.24) is 0 Å². The molecule has 0 spiro atoms. The molecule has 0 heterocycles. The summed E-state index contributed by atoms with van der Waals surface area (Å²) in [5, 5.41) is 0. The first-order valence-electron chi connectivity index (χ1n) is 10.4. The molecule has 4 rings (SSSR count). The first kappa shape index (κ1) is 24.2. The van der Waals surface area contributed by atoms with Crippen molar-refractivity contribution in [2.75, 3.05) is 0 Å². The van der Waals surface area contributed by atoms with Crippen LogP contribution in [0.15, 0.2) is 133 Å². The normalized spacial score (nSPS) is 11.0. The van der Waals surface area contributed by atoms with Crippen LogP contribution in [-0.4, -0.2) is 11.9 Å². The van der Waals surface area contributed by atoms with E-state index in [4.69, 9.17) is 6.13 Å². The van der Waals surface area contributed by atoms with Crippen LogP contribution in [0.5, 0.6) is 0 Å². The van der Waals surface area contributed by atoms with Crippen molar-refractivity contribution in [1.29, 1.82) is 0 Å². The van der Waals surface area contributed by atoms with Gasteiger partial charge in [0, 0.05) is 12.2 Å². The lowest BCUT2D eigenvalue weighted by Gasteiger charge is -2.04. The number of benzene rings is 4. The third kappa shape index (κ3) is 6.77. The van der Waals surface area contributed by atoms with E-state index in [1.165, 1.54) is 12.2 Å². The molecule has 0 bridgehead atoms. The molecule has 6 heteroatoms. The maximum Gasteiger partial charge on any atom is 0.383 e. The van der Waals surface area contributed by atoms with Gasteiger partial charge in [-0.1, -0.05) is 72.8 Å². The van der Waals surface area contributed by atoms with Gasteiger partial charge in [0.2, 0.25) is 0 Å². The Balaban J connectivity index is 1.47. The molecule has 0 N–H and O–H groups in total. The van der Waals surface area contributed by atoms with Crippen molar-refractivity contribution in [3.8, 4) is 0 Å². The van der Waals surface area contributed by atoms with Gasteiger partial charge in [0.15, 0.2) is 14.3 Å².